The summed E-state index contributed by atoms with van der Waals surface area (Å²) >= 11 is 0. The molecule has 0 aromatic carbocycles. The molecule has 3 atom stereocenters. The molecule has 68 valence electrons. The zero-order chi connectivity index (χ0) is 8.77. The molecule has 2 rings (SSSR count). The second kappa shape index (κ2) is 2.42. The Morgan fingerprint density at radius 2 is 2.50 bits per heavy atom. The number of hydrogen-bond donors (Lipinski definition) is 0. The lowest BCUT2D eigenvalue weighted by Gasteiger charge is -2.14. The van der Waals surface area contributed by atoms with Gasteiger partial charge in [0, 0.05) is 11.3 Å². The summed E-state index contributed by atoms with van der Waals surface area (Å²) in [6.45, 7) is 2.64. The third-order valence-electron chi connectivity index (χ3n) is 3.07. The van der Waals surface area contributed by atoms with Gasteiger partial charge in [0.05, 0.1) is 12.5 Å². The van der Waals surface area contributed by atoms with Crippen LogP contribution in [0.25, 0.3) is 0 Å². The van der Waals surface area contributed by atoms with Crippen molar-refractivity contribution >= 4 is 0 Å². The van der Waals surface area contributed by atoms with Crippen LogP contribution in [0.1, 0.15) is 26.2 Å². The second-order valence-corrected chi connectivity index (χ2v) is 3.76. The zero-order valence-electron chi connectivity index (χ0n) is 7.16. The molecule has 0 bridgehead atoms. The van der Waals surface area contributed by atoms with Gasteiger partial charge in [0.25, 0.3) is 5.54 Å². The van der Waals surface area contributed by atoms with Crippen LogP contribution >= 0.6 is 0 Å². The summed E-state index contributed by atoms with van der Waals surface area (Å²) in [5.41, 5.74) is -0.671. The van der Waals surface area contributed by atoms with Gasteiger partial charge in [-0.25, -0.2) is 0 Å². The lowest BCUT2D eigenvalue weighted by atomic mass is 10.0. The van der Waals surface area contributed by atoms with Crippen molar-refractivity contribution in [1.29, 1.82) is 0 Å². The van der Waals surface area contributed by atoms with Crippen molar-refractivity contribution in [3.05, 3.63) is 10.1 Å². The molecule has 1 saturated carbocycles. The van der Waals surface area contributed by atoms with Crippen LogP contribution in [0, 0.1) is 16.0 Å². The van der Waals surface area contributed by atoms with Gasteiger partial charge < -0.3 is 4.74 Å². The molecule has 1 aliphatic heterocycles. The molecule has 1 aliphatic carbocycles. The number of nitrogens with zero attached hydrogens (tertiary/aromatic N) is 1. The van der Waals surface area contributed by atoms with Gasteiger partial charge >= 0.3 is 0 Å². The van der Waals surface area contributed by atoms with Gasteiger partial charge in [-0.1, -0.05) is 13.3 Å². The first-order valence-corrected chi connectivity index (χ1v) is 4.48. The van der Waals surface area contributed by atoms with Crippen molar-refractivity contribution in [2.45, 2.75) is 37.8 Å². The Labute approximate surface area is 71.0 Å². The van der Waals surface area contributed by atoms with Crippen LogP contribution in [-0.2, 0) is 4.74 Å². The first-order chi connectivity index (χ1) is 5.71. The van der Waals surface area contributed by atoms with Crippen molar-refractivity contribution < 1.29 is 9.66 Å². The SMILES string of the molecule is CCC[C@H]1OC[C@@H]2C[C@@]21[N+](=O)[O-]. The molecule has 0 N–H and O–H groups in total. The fourth-order valence-corrected chi connectivity index (χ4v) is 2.25. The van der Waals surface area contributed by atoms with Crippen molar-refractivity contribution in [2.75, 3.05) is 6.61 Å². The zero-order valence-corrected chi connectivity index (χ0v) is 7.16. The molecule has 0 amide bonds. The predicted octanol–water partition coefficient (Wildman–Crippen LogP) is 1.22. The van der Waals surface area contributed by atoms with E-state index in [4.69, 9.17) is 4.74 Å². The molecule has 0 spiro atoms. The minimum absolute atomic E-state index is 0.109. The Morgan fingerprint density at radius 1 is 1.75 bits per heavy atom. The Bertz CT molecular complexity index is 218. The minimum Gasteiger partial charge on any atom is -0.370 e. The van der Waals surface area contributed by atoms with Crippen LogP contribution in [0.3, 0.4) is 0 Å². The first-order valence-electron chi connectivity index (χ1n) is 4.48. The lowest BCUT2D eigenvalue weighted by molar-refractivity contribution is -0.548. The van der Waals surface area contributed by atoms with Gasteiger partial charge in [0.2, 0.25) is 0 Å². The van der Waals surface area contributed by atoms with Gasteiger partial charge in [-0.05, 0) is 6.42 Å². The fraction of sp³-hybridized carbons (Fsp3) is 1.00. The molecule has 0 radical (unpaired) electrons. The number of rotatable bonds is 3. The fourth-order valence-electron chi connectivity index (χ4n) is 2.25. The van der Waals surface area contributed by atoms with Gasteiger partial charge in [-0.15, -0.1) is 0 Å². The van der Waals surface area contributed by atoms with Crippen molar-refractivity contribution in [2.24, 2.45) is 5.92 Å². The maximum absolute atomic E-state index is 10.8. The average molecular weight is 171 g/mol. The van der Waals surface area contributed by atoms with Crippen LogP contribution in [-0.4, -0.2) is 23.2 Å². The maximum Gasteiger partial charge on any atom is 0.253 e. The van der Waals surface area contributed by atoms with Gasteiger partial charge in [0.1, 0.15) is 6.10 Å². The summed E-state index contributed by atoms with van der Waals surface area (Å²) in [5.74, 6) is 0.212. The molecule has 4 heteroatoms. The molecule has 4 nitrogen and oxygen atoms in total. The van der Waals surface area contributed by atoms with Crippen LogP contribution < -0.4 is 0 Å². The van der Waals surface area contributed by atoms with Gasteiger partial charge in [-0.2, -0.15) is 0 Å². The molecule has 2 fully saturated rings. The number of nitro groups is 1. The molecule has 0 unspecified atom stereocenters. The highest BCUT2D eigenvalue weighted by molar-refractivity contribution is 5.13. The van der Waals surface area contributed by atoms with Gasteiger partial charge in [0.15, 0.2) is 0 Å². The predicted molar refractivity (Wildman–Crippen MR) is 42.5 cm³/mol. The highest BCUT2D eigenvalue weighted by Crippen LogP contribution is 2.55. The largest absolute Gasteiger partial charge is 0.370 e. The molecule has 0 aromatic heterocycles. The topological polar surface area (TPSA) is 52.4 Å². The highest BCUT2D eigenvalue weighted by atomic mass is 16.6. The Morgan fingerprint density at radius 3 is 3.00 bits per heavy atom. The number of ether oxygens (including phenoxy) is 1. The van der Waals surface area contributed by atoms with Crippen LogP contribution in [0.2, 0.25) is 0 Å². The maximum atomic E-state index is 10.8. The van der Waals surface area contributed by atoms with E-state index in [9.17, 15) is 10.1 Å². The molecule has 2 aliphatic rings. The molecular weight excluding hydrogens is 158 g/mol. The average Bonchev–Trinajstić information content (AvgIpc) is 2.67. The third kappa shape index (κ3) is 0.813. The molecule has 1 heterocycles. The monoisotopic (exact) mass is 171 g/mol. The van der Waals surface area contributed by atoms with Crippen LogP contribution in [0.4, 0.5) is 0 Å². The Hall–Kier alpha value is -0.640. The summed E-state index contributed by atoms with van der Waals surface area (Å²) in [6, 6.07) is 0. The first kappa shape index (κ1) is 7.98. The van der Waals surface area contributed by atoms with Crippen LogP contribution in [0.5, 0.6) is 0 Å². The number of hydrogen-bond acceptors (Lipinski definition) is 3. The third-order valence-corrected chi connectivity index (χ3v) is 3.07. The lowest BCUT2D eigenvalue weighted by Crippen LogP contribution is -2.35. The van der Waals surface area contributed by atoms with Crippen molar-refractivity contribution in [3.63, 3.8) is 0 Å². The molecule has 0 aromatic rings. The number of fused-ring (bicyclic) bond motifs is 1. The Kier molecular flexibility index (Phi) is 1.61. The van der Waals surface area contributed by atoms with E-state index < -0.39 is 5.54 Å². The highest BCUT2D eigenvalue weighted by Gasteiger charge is 2.74. The summed E-state index contributed by atoms with van der Waals surface area (Å²) in [7, 11) is 0. The van der Waals surface area contributed by atoms with E-state index in [-0.39, 0.29) is 16.9 Å². The standard InChI is InChI=1S/C8H13NO3/c1-2-3-7-8(9(10)11)4-6(8)5-12-7/h6-7H,2-5H2,1H3/t6-,7+,8+/m0/s1. The second-order valence-electron chi connectivity index (χ2n) is 3.76. The molecule has 12 heavy (non-hydrogen) atoms. The van der Waals surface area contributed by atoms with Crippen LogP contribution in [0.15, 0.2) is 0 Å². The minimum atomic E-state index is -0.671. The van der Waals surface area contributed by atoms with E-state index in [2.05, 4.69) is 0 Å². The van der Waals surface area contributed by atoms with Crippen molar-refractivity contribution in [1.82, 2.24) is 0 Å². The summed E-state index contributed by atoms with van der Waals surface area (Å²) < 4.78 is 5.38. The molecular formula is C8H13NO3. The smallest absolute Gasteiger partial charge is 0.253 e. The van der Waals surface area contributed by atoms with E-state index in [0.29, 0.717) is 6.61 Å². The summed E-state index contributed by atoms with van der Waals surface area (Å²) in [4.78, 5) is 10.7. The normalized spacial score (nSPS) is 44.1. The van der Waals surface area contributed by atoms with Crippen molar-refractivity contribution in [3.8, 4) is 0 Å². The Balaban J connectivity index is 2.10. The van der Waals surface area contributed by atoms with E-state index in [0.717, 1.165) is 19.3 Å². The van der Waals surface area contributed by atoms with Gasteiger partial charge in [-0.3, -0.25) is 10.1 Å². The van der Waals surface area contributed by atoms with E-state index in [1.807, 2.05) is 6.92 Å². The molecule has 1 saturated heterocycles. The van der Waals surface area contributed by atoms with E-state index in [1.54, 1.807) is 0 Å². The summed E-state index contributed by atoms with van der Waals surface area (Å²) in [6.07, 6.45) is 2.43. The quantitative estimate of drug-likeness (QED) is 0.474. The van der Waals surface area contributed by atoms with E-state index in [1.165, 1.54) is 0 Å². The summed E-state index contributed by atoms with van der Waals surface area (Å²) in [5, 5.41) is 10.8. The van der Waals surface area contributed by atoms with E-state index >= 15 is 0 Å².